The molecule has 2 unspecified atom stereocenters. The maximum absolute atomic E-state index is 13.4. The number of ether oxygens (including phenoxy) is 2. The number of quaternary nitrogens is 1. The SMILES string of the molecule is Oc1ccc(Cl)cc1C1C=C(c2ccc3c(c2)OCO3)NC(c2ccc(F)cc2)[NH2+]1. The molecule has 0 amide bonds. The van der Waals surface area contributed by atoms with E-state index in [0.717, 1.165) is 16.8 Å². The van der Waals surface area contributed by atoms with Gasteiger partial charge in [-0.1, -0.05) is 11.6 Å². The zero-order chi connectivity index (χ0) is 20.7. The molecule has 2 heterocycles. The number of hydrogen-bond donors (Lipinski definition) is 3. The van der Waals surface area contributed by atoms with Crippen molar-refractivity contribution in [2.45, 2.75) is 12.2 Å². The monoisotopic (exact) mass is 425 g/mol. The van der Waals surface area contributed by atoms with Crippen LogP contribution < -0.4 is 20.1 Å². The first-order valence-electron chi connectivity index (χ1n) is 9.54. The fourth-order valence-corrected chi connectivity index (χ4v) is 3.98. The summed E-state index contributed by atoms with van der Waals surface area (Å²) in [6, 6.07) is 16.9. The van der Waals surface area contributed by atoms with Gasteiger partial charge < -0.3 is 25.2 Å². The Balaban J connectivity index is 1.57. The van der Waals surface area contributed by atoms with Gasteiger partial charge in [0.2, 0.25) is 6.79 Å². The number of halogens is 2. The second-order valence-electron chi connectivity index (χ2n) is 7.24. The molecule has 0 aromatic heterocycles. The van der Waals surface area contributed by atoms with E-state index in [1.807, 2.05) is 24.3 Å². The third-order valence-corrected chi connectivity index (χ3v) is 5.55. The van der Waals surface area contributed by atoms with E-state index >= 15 is 0 Å². The first-order chi connectivity index (χ1) is 14.6. The Morgan fingerprint density at radius 3 is 2.63 bits per heavy atom. The zero-order valence-electron chi connectivity index (χ0n) is 15.8. The molecule has 0 saturated carbocycles. The summed E-state index contributed by atoms with van der Waals surface area (Å²) in [5, 5.41) is 16.6. The molecule has 152 valence electrons. The van der Waals surface area contributed by atoms with E-state index < -0.39 is 0 Å². The van der Waals surface area contributed by atoms with Crippen LogP contribution in [0.5, 0.6) is 17.2 Å². The lowest BCUT2D eigenvalue weighted by Gasteiger charge is -2.30. The molecule has 4 N–H and O–H groups in total. The van der Waals surface area contributed by atoms with E-state index in [9.17, 15) is 9.50 Å². The number of aromatic hydroxyl groups is 1. The summed E-state index contributed by atoms with van der Waals surface area (Å²) in [7, 11) is 0. The van der Waals surface area contributed by atoms with Gasteiger partial charge in [0, 0.05) is 27.9 Å². The van der Waals surface area contributed by atoms with Crippen LogP contribution >= 0.6 is 11.6 Å². The zero-order valence-corrected chi connectivity index (χ0v) is 16.6. The van der Waals surface area contributed by atoms with Crippen LogP contribution in [0, 0.1) is 5.82 Å². The summed E-state index contributed by atoms with van der Waals surface area (Å²) in [5.74, 6) is 1.28. The summed E-state index contributed by atoms with van der Waals surface area (Å²) >= 11 is 6.19. The highest BCUT2D eigenvalue weighted by Gasteiger charge is 2.30. The molecule has 2 atom stereocenters. The Bertz CT molecular complexity index is 1130. The minimum Gasteiger partial charge on any atom is -0.507 e. The molecule has 5 rings (SSSR count). The van der Waals surface area contributed by atoms with Crippen LogP contribution in [-0.4, -0.2) is 11.9 Å². The molecule has 30 heavy (non-hydrogen) atoms. The van der Waals surface area contributed by atoms with Crippen molar-refractivity contribution in [3.8, 4) is 17.2 Å². The predicted molar refractivity (Wildman–Crippen MR) is 111 cm³/mol. The van der Waals surface area contributed by atoms with Crippen LogP contribution in [0.15, 0.2) is 66.7 Å². The molecule has 5 nitrogen and oxygen atoms in total. The lowest BCUT2D eigenvalue weighted by Crippen LogP contribution is -2.89. The van der Waals surface area contributed by atoms with Crippen molar-refractivity contribution < 1.29 is 24.3 Å². The number of phenols is 1. The van der Waals surface area contributed by atoms with Crippen molar-refractivity contribution in [3.05, 3.63) is 94.3 Å². The molecule has 7 heteroatoms. The Morgan fingerprint density at radius 1 is 1.00 bits per heavy atom. The second kappa shape index (κ2) is 7.55. The molecule has 3 aromatic rings. The highest BCUT2D eigenvalue weighted by atomic mass is 35.5. The standard InChI is InChI=1S/C23H18ClFN2O3/c24-15-4-7-20(28)17(10-15)19-11-18(14-3-8-21-22(9-14)30-12-29-21)26-23(27-19)13-1-5-16(25)6-2-13/h1-11,19,23,26-28H,12H2/p+1. The highest BCUT2D eigenvalue weighted by Crippen LogP contribution is 2.36. The van der Waals surface area contributed by atoms with Gasteiger partial charge in [0.05, 0.1) is 5.56 Å². The first kappa shape index (κ1) is 18.8. The first-order valence-corrected chi connectivity index (χ1v) is 9.92. The molecule has 0 fully saturated rings. The smallest absolute Gasteiger partial charge is 0.231 e. The van der Waals surface area contributed by atoms with Crippen LogP contribution in [0.4, 0.5) is 4.39 Å². The summed E-state index contributed by atoms with van der Waals surface area (Å²) < 4.78 is 24.4. The van der Waals surface area contributed by atoms with Gasteiger partial charge in [-0.05, 0) is 60.7 Å². The van der Waals surface area contributed by atoms with Crippen molar-refractivity contribution in [2.24, 2.45) is 0 Å². The Kier molecular flexibility index (Phi) is 4.73. The number of hydrogen-bond acceptors (Lipinski definition) is 4. The third-order valence-electron chi connectivity index (χ3n) is 5.32. The van der Waals surface area contributed by atoms with Crippen LogP contribution in [0.2, 0.25) is 5.02 Å². The van der Waals surface area contributed by atoms with Crippen molar-refractivity contribution in [3.63, 3.8) is 0 Å². The highest BCUT2D eigenvalue weighted by molar-refractivity contribution is 6.30. The lowest BCUT2D eigenvalue weighted by molar-refractivity contribution is -0.731. The number of nitrogens with two attached hydrogens (primary N) is 1. The van der Waals surface area contributed by atoms with Gasteiger partial charge >= 0.3 is 0 Å². The second-order valence-corrected chi connectivity index (χ2v) is 7.68. The Hall–Kier alpha value is -3.22. The molecule has 0 radical (unpaired) electrons. The van der Waals surface area contributed by atoms with Gasteiger partial charge in [0.1, 0.15) is 17.6 Å². The molecule has 0 aliphatic carbocycles. The molecule has 2 aliphatic rings. The number of phenolic OH excluding ortho intramolecular Hbond substituents is 1. The Labute approximate surface area is 177 Å². The molecular formula is C23H19ClFN2O3+. The lowest BCUT2D eigenvalue weighted by atomic mass is 9.97. The fraction of sp³-hybridized carbons (Fsp3) is 0.130. The quantitative estimate of drug-likeness (QED) is 0.596. The summed E-state index contributed by atoms with van der Waals surface area (Å²) in [6.45, 7) is 0.205. The van der Waals surface area contributed by atoms with Crippen LogP contribution in [0.1, 0.15) is 28.9 Å². The van der Waals surface area contributed by atoms with Crippen LogP contribution in [-0.2, 0) is 0 Å². The number of fused-ring (bicyclic) bond motifs is 1. The molecule has 0 bridgehead atoms. The van der Waals surface area contributed by atoms with Gasteiger partial charge in [-0.2, -0.15) is 0 Å². The van der Waals surface area contributed by atoms with E-state index in [1.165, 1.54) is 12.1 Å². The molecule has 0 spiro atoms. The molecular weight excluding hydrogens is 407 g/mol. The summed E-state index contributed by atoms with van der Waals surface area (Å²) in [6.07, 6.45) is 1.84. The average molecular weight is 426 g/mol. The van der Waals surface area contributed by atoms with E-state index in [2.05, 4.69) is 10.6 Å². The maximum atomic E-state index is 13.4. The van der Waals surface area contributed by atoms with Crippen molar-refractivity contribution in [1.82, 2.24) is 5.32 Å². The van der Waals surface area contributed by atoms with Gasteiger partial charge in [-0.3, -0.25) is 0 Å². The van der Waals surface area contributed by atoms with E-state index in [0.29, 0.717) is 22.1 Å². The predicted octanol–water partition coefficient (Wildman–Crippen LogP) is 3.86. The van der Waals surface area contributed by atoms with Gasteiger partial charge in [-0.15, -0.1) is 0 Å². The average Bonchev–Trinajstić information content (AvgIpc) is 3.23. The Morgan fingerprint density at radius 2 is 1.80 bits per heavy atom. The van der Waals surface area contributed by atoms with Crippen LogP contribution in [0.25, 0.3) is 5.70 Å². The minimum absolute atomic E-state index is 0.168. The van der Waals surface area contributed by atoms with E-state index in [1.54, 1.807) is 30.3 Å². The largest absolute Gasteiger partial charge is 0.507 e. The summed E-state index contributed by atoms with van der Waals surface area (Å²) in [5.41, 5.74) is 3.41. The molecule has 2 aliphatic heterocycles. The molecule has 0 saturated heterocycles. The fourth-order valence-electron chi connectivity index (χ4n) is 3.80. The topological polar surface area (TPSA) is 67.3 Å². The van der Waals surface area contributed by atoms with Gasteiger partial charge in [0.25, 0.3) is 0 Å². The van der Waals surface area contributed by atoms with Gasteiger partial charge in [0.15, 0.2) is 17.7 Å². The van der Waals surface area contributed by atoms with Crippen molar-refractivity contribution in [1.29, 1.82) is 0 Å². The number of benzene rings is 3. The van der Waals surface area contributed by atoms with Crippen molar-refractivity contribution >= 4 is 17.3 Å². The van der Waals surface area contributed by atoms with E-state index in [4.69, 9.17) is 21.1 Å². The maximum Gasteiger partial charge on any atom is 0.231 e. The third kappa shape index (κ3) is 3.56. The summed E-state index contributed by atoms with van der Waals surface area (Å²) in [4.78, 5) is 0. The molecule has 3 aromatic carbocycles. The number of nitrogens with one attached hydrogen (secondary N) is 1. The van der Waals surface area contributed by atoms with Gasteiger partial charge in [-0.25, -0.2) is 4.39 Å². The minimum atomic E-state index is -0.287. The van der Waals surface area contributed by atoms with Crippen molar-refractivity contribution in [2.75, 3.05) is 6.79 Å². The van der Waals surface area contributed by atoms with Crippen LogP contribution in [0.3, 0.4) is 0 Å². The normalized spacial score (nSPS) is 19.9. The number of rotatable bonds is 3. The van der Waals surface area contributed by atoms with E-state index in [-0.39, 0.29) is 30.6 Å².